The van der Waals surface area contributed by atoms with E-state index in [0.717, 1.165) is 25.0 Å². The van der Waals surface area contributed by atoms with Crippen LogP contribution in [0.1, 0.15) is 49.1 Å². The van der Waals surface area contributed by atoms with E-state index in [2.05, 4.69) is 63.0 Å². The van der Waals surface area contributed by atoms with Crippen molar-refractivity contribution >= 4 is 0 Å². The second-order valence-corrected chi connectivity index (χ2v) is 6.64. The summed E-state index contributed by atoms with van der Waals surface area (Å²) in [6, 6.07) is 6.43. The molecule has 0 spiro atoms. The van der Waals surface area contributed by atoms with Crippen LogP contribution in [0.25, 0.3) is 0 Å². The molecule has 0 saturated carbocycles. The molecule has 21 heavy (non-hydrogen) atoms. The molecule has 0 bridgehead atoms. The van der Waals surface area contributed by atoms with E-state index in [0.29, 0.717) is 11.8 Å². The van der Waals surface area contributed by atoms with Gasteiger partial charge in [0.2, 0.25) is 0 Å². The highest BCUT2D eigenvalue weighted by molar-refractivity contribution is 5.24. The molecule has 0 aliphatic carbocycles. The van der Waals surface area contributed by atoms with Crippen molar-refractivity contribution < 1.29 is 0 Å². The fraction of sp³-hybridized carbons (Fsp3) is 0.556. The van der Waals surface area contributed by atoms with Crippen LogP contribution in [0.15, 0.2) is 18.2 Å². The fourth-order valence-corrected chi connectivity index (χ4v) is 2.83. The van der Waals surface area contributed by atoms with E-state index < -0.39 is 0 Å². The Kier molecular flexibility index (Phi) is 5.16. The molecule has 0 saturated heterocycles. The van der Waals surface area contributed by atoms with E-state index in [-0.39, 0.29) is 0 Å². The molecule has 3 heteroatoms. The molecule has 0 aliphatic rings. The highest BCUT2D eigenvalue weighted by atomic mass is 15.1. The molecular formula is C18H27N3. The van der Waals surface area contributed by atoms with Crippen LogP contribution < -0.4 is 0 Å². The summed E-state index contributed by atoms with van der Waals surface area (Å²) in [5.74, 6) is 1.23. The summed E-state index contributed by atoms with van der Waals surface area (Å²) in [7, 11) is 0. The number of nitrogens with one attached hydrogen (secondary N) is 1. The Hall–Kier alpha value is -1.64. The van der Waals surface area contributed by atoms with Crippen LogP contribution >= 0.6 is 0 Å². The SMILES string of the molecule is Cc1n[nH]c(C)c1CC(C)Cc1cccc(CC(C)C)n1. The van der Waals surface area contributed by atoms with Gasteiger partial charge in [-0.15, -0.1) is 0 Å². The summed E-state index contributed by atoms with van der Waals surface area (Å²) >= 11 is 0. The molecule has 0 radical (unpaired) electrons. The zero-order chi connectivity index (χ0) is 15.4. The smallest absolute Gasteiger partial charge is 0.0626 e. The molecule has 2 rings (SSSR count). The van der Waals surface area contributed by atoms with Gasteiger partial charge in [0.05, 0.1) is 5.69 Å². The zero-order valence-electron chi connectivity index (χ0n) is 13.9. The van der Waals surface area contributed by atoms with Gasteiger partial charge in [0.15, 0.2) is 0 Å². The maximum absolute atomic E-state index is 4.80. The molecule has 114 valence electrons. The van der Waals surface area contributed by atoms with E-state index >= 15 is 0 Å². The van der Waals surface area contributed by atoms with Gasteiger partial charge in [0.25, 0.3) is 0 Å². The molecule has 1 unspecified atom stereocenters. The first-order valence-corrected chi connectivity index (χ1v) is 7.91. The molecule has 3 nitrogen and oxygen atoms in total. The molecule has 0 amide bonds. The van der Waals surface area contributed by atoms with Gasteiger partial charge in [-0.1, -0.05) is 26.8 Å². The van der Waals surface area contributed by atoms with Gasteiger partial charge in [0, 0.05) is 17.1 Å². The number of hydrogen-bond donors (Lipinski definition) is 1. The summed E-state index contributed by atoms with van der Waals surface area (Å²) in [6.07, 6.45) is 3.14. The first kappa shape index (κ1) is 15.7. The minimum atomic E-state index is 0.571. The second kappa shape index (κ2) is 6.88. The highest BCUT2D eigenvalue weighted by Gasteiger charge is 2.12. The van der Waals surface area contributed by atoms with Crippen molar-refractivity contribution in [1.29, 1.82) is 0 Å². The van der Waals surface area contributed by atoms with Crippen LogP contribution in [0.2, 0.25) is 0 Å². The minimum absolute atomic E-state index is 0.571. The first-order chi connectivity index (χ1) is 9.95. The van der Waals surface area contributed by atoms with Gasteiger partial charge in [-0.25, -0.2) is 0 Å². The number of pyridine rings is 1. The lowest BCUT2D eigenvalue weighted by molar-refractivity contribution is 0.561. The Labute approximate surface area is 128 Å². The topological polar surface area (TPSA) is 41.6 Å². The van der Waals surface area contributed by atoms with Crippen molar-refractivity contribution in [2.75, 3.05) is 0 Å². The molecule has 2 heterocycles. The number of rotatable bonds is 6. The molecule has 0 fully saturated rings. The Bertz CT molecular complexity index is 564. The summed E-state index contributed by atoms with van der Waals surface area (Å²) in [4.78, 5) is 4.80. The Balaban J connectivity index is 2.01. The lowest BCUT2D eigenvalue weighted by Crippen LogP contribution is -2.08. The van der Waals surface area contributed by atoms with Gasteiger partial charge < -0.3 is 0 Å². The lowest BCUT2D eigenvalue weighted by atomic mass is 9.95. The summed E-state index contributed by atoms with van der Waals surface area (Å²) < 4.78 is 0. The third-order valence-electron chi connectivity index (χ3n) is 3.87. The number of H-pyrrole nitrogens is 1. The molecule has 0 aliphatic heterocycles. The minimum Gasteiger partial charge on any atom is -0.282 e. The second-order valence-electron chi connectivity index (χ2n) is 6.64. The van der Waals surface area contributed by atoms with Crippen molar-refractivity contribution in [2.24, 2.45) is 11.8 Å². The average Bonchev–Trinajstić information content (AvgIpc) is 2.70. The number of aromatic nitrogens is 3. The van der Waals surface area contributed by atoms with Crippen LogP contribution in [0.3, 0.4) is 0 Å². The summed E-state index contributed by atoms with van der Waals surface area (Å²) in [5, 5.41) is 7.35. The van der Waals surface area contributed by atoms with Gasteiger partial charge in [-0.05, 0) is 62.6 Å². The largest absolute Gasteiger partial charge is 0.282 e. The average molecular weight is 285 g/mol. The Morgan fingerprint density at radius 2 is 1.67 bits per heavy atom. The number of aromatic amines is 1. The van der Waals surface area contributed by atoms with Crippen LogP contribution in [-0.4, -0.2) is 15.2 Å². The van der Waals surface area contributed by atoms with Gasteiger partial charge >= 0.3 is 0 Å². The van der Waals surface area contributed by atoms with Crippen LogP contribution in [0.4, 0.5) is 0 Å². The number of nitrogens with zero attached hydrogens (tertiary/aromatic N) is 2. The van der Waals surface area contributed by atoms with Gasteiger partial charge in [-0.2, -0.15) is 5.10 Å². The number of aryl methyl sites for hydroxylation is 2. The van der Waals surface area contributed by atoms with Crippen LogP contribution in [0, 0.1) is 25.7 Å². The number of hydrogen-bond acceptors (Lipinski definition) is 2. The van der Waals surface area contributed by atoms with E-state index in [1.807, 2.05) is 0 Å². The third-order valence-corrected chi connectivity index (χ3v) is 3.87. The first-order valence-electron chi connectivity index (χ1n) is 7.91. The standard InChI is InChI=1S/C18H27N3/c1-12(2)9-16-7-6-8-17(19-16)10-13(3)11-18-14(4)20-21-15(18)5/h6-8,12-13H,9-11H2,1-5H3,(H,20,21). The lowest BCUT2D eigenvalue weighted by Gasteiger charge is -2.12. The van der Waals surface area contributed by atoms with E-state index in [1.165, 1.54) is 22.6 Å². The van der Waals surface area contributed by atoms with E-state index in [4.69, 9.17) is 4.98 Å². The molecule has 2 aromatic rings. The fourth-order valence-electron chi connectivity index (χ4n) is 2.83. The van der Waals surface area contributed by atoms with Crippen molar-refractivity contribution in [2.45, 2.75) is 53.9 Å². The monoisotopic (exact) mass is 285 g/mol. The van der Waals surface area contributed by atoms with Crippen molar-refractivity contribution in [1.82, 2.24) is 15.2 Å². The van der Waals surface area contributed by atoms with Crippen LogP contribution in [-0.2, 0) is 19.3 Å². The highest BCUT2D eigenvalue weighted by Crippen LogP contribution is 2.18. The quantitative estimate of drug-likeness (QED) is 0.870. The maximum Gasteiger partial charge on any atom is 0.0626 e. The van der Waals surface area contributed by atoms with Gasteiger partial charge in [-0.3, -0.25) is 10.1 Å². The summed E-state index contributed by atoms with van der Waals surface area (Å²) in [6.45, 7) is 10.9. The predicted octanol–water partition coefficient (Wildman–Crippen LogP) is 4.04. The molecule has 0 aromatic carbocycles. The van der Waals surface area contributed by atoms with Crippen molar-refractivity contribution in [3.63, 3.8) is 0 Å². The Morgan fingerprint density at radius 3 is 2.24 bits per heavy atom. The zero-order valence-corrected chi connectivity index (χ0v) is 13.9. The van der Waals surface area contributed by atoms with Gasteiger partial charge in [0.1, 0.15) is 0 Å². The molecule has 1 N–H and O–H groups in total. The summed E-state index contributed by atoms with van der Waals surface area (Å²) in [5.41, 5.74) is 6.10. The molecular weight excluding hydrogens is 258 g/mol. The maximum atomic E-state index is 4.80. The third kappa shape index (κ3) is 4.42. The predicted molar refractivity (Wildman–Crippen MR) is 87.4 cm³/mol. The molecule has 1 atom stereocenters. The van der Waals surface area contributed by atoms with Crippen LogP contribution in [0.5, 0.6) is 0 Å². The Morgan fingerprint density at radius 1 is 1.00 bits per heavy atom. The normalized spacial score (nSPS) is 12.9. The van der Waals surface area contributed by atoms with Crippen molar-refractivity contribution in [3.8, 4) is 0 Å². The van der Waals surface area contributed by atoms with Crippen molar-refractivity contribution in [3.05, 3.63) is 46.5 Å². The van der Waals surface area contributed by atoms with E-state index in [9.17, 15) is 0 Å². The van der Waals surface area contributed by atoms with E-state index in [1.54, 1.807) is 0 Å². The molecule has 2 aromatic heterocycles.